The first-order valence-electron chi connectivity index (χ1n) is 12.5. The van der Waals surface area contributed by atoms with E-state index in [1.165, 1.54) is 4.68 Å². The van der Waals surface area contributed by atoms with Crippen molar-refractivity contribution in [2.45, 2.75) is 0 Å². The molecule has 1 aliphatic rings. The number of amides is 1. The Morgan fingerprint density at radius 3 is 2.75 bits per heavy atom. The summed E-state index contributed by atoms with van der Waals surface area (Å²) in [6.07, 6.45) is 1.55. The molecule has 1 fully saturated rings. The van der Waals surface area contributed by atoms with Gasteiger partial charge in [0.1, 0.15) is 11.3 Å². The Morgan fingerprint density at radius 1 is 1.10 bits per heavy atom. The van der Waals surface area contributed by atoms with Gasteiger partial charge in [-0.05, 0) is 76.1 Å². The van der Waals surface area contributed by atoms with Crippen molar-refractivity contribution in [1.29, 1.82) is 0 Å². The average Bonchev–Trinajstić information content (AvgIpc) is 3.39. The number of carbonyl (C=O) groups excluding carboxylic acids is 1. The van der Waals surface area contributed by atoms with Crippen LogP contribution in [0.3, 0.4) is 0 Å². The number of hydrogen-bond donors (Lipinski definition) is 0. The molecule has 0 radical (unpaired) electrons. The standard InChI is InChI=1S/C29H22BrClN4O5/c30-22-13-18(5-7-25(22)39-17-27(36)34-9-11-38-12-10-34)16-32-35-28(33-23-4-2-1-3-21(23)29(35)37)26-15-19-14-20(31)6-8-24(19)40-26/h1-8,13-16H,9-12,17H2. The molecule has 11 heteroatoms. The quantitative estimate of drug-likeness (QED) is 0.237. The molecule has 40 heavy (non-hydrogen) atoms. The number of furan rings is 1. The molecular weight excluding hydrogens is 600 g/mol. The molecule has 0 N–H and O–H groups in total. The average molecular weight is 622 g/mol. The van der Waals surface area contributed by atoms with Gasteiger partial charge in [0.05, 0.1) is 34.8 Å². The normalized spacial score (nSPS) is 13.9. The van der Waals surface area contributed by atoms with Gasteiger partial charge < -0.3 is 18.8 Å². The minimum Gasteiger partial charge on any atom is -0.483 e. The molecule has 202 valence electrons. The first kappa shape index (κ1) is 26.2. The van der Waals surface area contributed by atoms with Gasteiger partial charge in [-0.25, -0.2) is 4.98 Å². The third-order valence-corrected chi connectivity index (χ3v) is 7.30. The second-order valence-corrected chi connectivity index (χ2v) is 10.4. The summed E-state index contributed by atoms with van der Waals surface area (Å²) in [4.78, 5) is 32.3. The summed E-state index contributed by atoms with van der Waals surface area (Å²) in [6.45, 7) is 2.12. The molecule has 6 rings (SSSR count). The SMILES string of the molecule is O=C(COc1ccc(C=Nn2c(-c3cc4cc(Cl)ccc4o3)nc3ccccc3c2=O)cc1Br)N1CCOCC1. The van der Waals surface area contributed by atoms with Gasteiger partial charge >= 0.3 is 0 Å². The number of para-hydroxylation sites is 1. The zero-order chi connectivity index (χ0) is 27.6. The molecule has 0 aliphatic carbocycles. The van der Waals surface area contributed by atoms with Crippen LogP contribution in [0.25, 0.3) is 33.5 Å². The fourth-order valence-corrected chi connectivity index (χ4v) is 5.09. The Kier molecular flexibility index (Phi) is 7.38. The number of carbonyl (C=O) groups is 1. The van der Waals surface area contributed by atoms with Crippen LogP contribution in [0.1, 0.15) is 5.56 Å². The summed E-state index contributed by atoms with van der Waals surface area (Å²) < 4.78 is 18.9. The van der Waals surface area contributed by atoms with Crippen LogP contribution in [-0.4, -0.2) is 59.6 Å². The van der Waals surface area contributed by atoms with Crippen molar-refractivity contribution in [3.63, 3.8) is 0 Å². The van der Waals surface area contributed by atoms with Gasteiger partial charge in [0.15, 0.2) is 12.4 Å². The van der Waals surface area contributed by atoms with E-state index >= 15 is 0 Å². The molecule has 0 unspecified atom stereocenters. The van der Waals surface area contributed by atoms with E-state index in [0.29, 0.717) is 69.4 Å². The number of morpholine rings is 1. The van der Waals surface area contributed by atoms with Crippen LogP contribution < -0.4 is 10.3 Å². The van der Waals surface area contributed by atoms with Crippen molar-refractivity contribution in [3.8, 4) is 17.3 Å². The van der Waals surface area contributed by atoms with E-state index in [9.17, 15) is 9.59 Å². The van der Waals surface area contributed by atoms with Gasteiger partial charge in [-0.15, -0.1) is 0 Å². The number of hydrogen-bond acceptors (Lipinski definition) is 7. The molecule has 2 aromatic heterocycles. The molecule has 0 bridgehead atoms. The van der Waals surface area contributed by atoms with Crippen molar-refractivity contribution in [2.24, 2.45) is 5.10 Å². The number of halogens is 2. The number of ether oxygens (including phenoxy) is 2. The van der Waals surface area contributed by atoms with E-state index in [1.807, 2.05) is 6.07 Å². The molecule has 3 heterocycles. The summed E-state index contributed by atoms with van der Waals surface area (Å²) >= 11 is 9.65. The van der Waals surface area contributed by atoms with Gasteiger partial charge in [0.25, 0.3) is 11.5 Å². The maximum absolute atomic E-state index is 13.5. The fraction of sp³-hybridized carbons (Fsp3) is 0.172. The minimum atomic E-state index is -0.337. The third kappa shape index (κ3) is 5.38. The Hall–Kier alpha value is -3.99. The van der Waals surface area contributed by atoms with E-state index in [-0.39, 0.29) is 23.9 Å². The molecule has 0 atom stereocenters. The smallest absolute Gasteiger partial charge is 0.282 e. The number of benzene rings is 3. The van der Waals surface area contributed by atoms with E-state index in [2.05, 4.69) is 21.0 Å². The summed E-state index contributed by atoms with van der Waals surface area (Å²) in [5, 5.41) is 6.28. The number of fused-ring (bicyclic) bond motifs is 2. The van der Waals surface area contributed by atoms with Gasteiger partial charge in [-0.2, -0.15) is 9.78 Å². The lowest BCUT2D eigenvalue weighted by atomic mass is 10.2. The lowest BCUT2D eigenvalue weighted by Gasteiger charge is -2.26. The Balaban J connectivity index is 1.30. The van der Waals surface area contributed by atoms with Crippen LogP contribution in [0, 0.1) is 0 Å². The predicted molar refractivity (Wildman–Crippen MR) is 156 cm³/mol. The van der Waals surface area contributed by atoms with Crippen LogP contribution in [0.2, 0.25) is 5.02 Å². The van der Waals surface area contributed by atoms with Crippen molar-refractivity contribution < 1.29 is 18.7 Å². The first-order valence-corrected chi connectivity index (χ1v) is 13.7. The van der Waals surface area contributed by atoms with Crippen molar-refractivity contribution in [3.05, 3.63) is 92.1 Å². The van der Waals surface area contributed by atoms with Gasteiger partial charge in [-0.1, -0.05) is 23.7 Å². The molecule has 5 aromatic rings. The highest BCUT2D eigenvalue weighted by Crippen LogP contribution is 2.29. The molecule has 1 saturated heterocycles. The van der Waals surface area contributed by atoms with Gasteiger partial charge in [0, 0.05) is 23.5 Å². The maximum atomic E-state index is 13.5. The lowest BCUT2D eigenvalue weighted by molar-refractivity contribution is -0.137. The maximum Gasteiger partial charge on any atom is 0.282 e. The number of rotatable bonds is 6. The van der Waals surface area contributed by atoms with Crippen LogP contribution >= 0.6 is 27.5 Å². The van der Waals surface area contributed by atoms with Crippen molar-refractivity contribution >= 4 is 61.5 Å². The second kappa shape index (κ2) is 11.2. The Bertz CT molecular complexity index is 1830. The van der Waals surface area contributed by atoms with Crippen molar-refractivity contribution in [2.75, 3.05) is 32.9 Å². The zero-order valence-electron chi connectivity index (χ0n) is 21.0. The van der Waals surface area contributed by atoms with E-state index < -0.39 is 0 Å². The molecule has 0 spiro atoms. The monoisotopic (exact) mass is 620 g/mol. The van der Waals surface area contributed by atoms with Gasteiger partial charge in [0.2, 0.25) is 5.82 Å². The molecule has 3 aromatic carbocycles. The summed E-state index contributed by atoms with van der Waals surface area (Å²) in [5.41, 5.74) is 1.50. The van der Waals surface area contributed by atoms with Gasteiger partial charge in [-0.3, -0.25) is 9.59 Å². The van der Waals surface area contributed by atoms with E-state index in [4.69, 9.17) is 30.5 Å². The van der Waals surface area contributed by atoms with E-state index in [1.54, 1.807) is 71.8 Å². The highest BCUT2D eigenvalue weighted by molar-refractivity contribution is 9.10. The largest absolute Gasteiger partial charge is 0.483 e. The fourth-order valence-electron chi connectivity index (χ4n) is 4.40. The van der Waals surface area contributed by atoms with Crippen LogP contribution in [-0.2, 0) is 9.53 Å². The molecule has 9 nitrogen and oxygen atoms in total. The molecule has 1 aliphatic heterocycles. The van der Waals surface area contributed by atoms with Crippen LogP contribution in [0.5, 0.6) is 5.75 Å². The summed E-state index contributed by atoms with van der Waals surface area (Å²) in [7, 11) is 0. The first-order chi connectivity index (χ1) is 19.5. The topological polar surface area (TPSA) is 99.2 Å². The number of aromatic nitrogens is 2. The van der Waals surface area contributed by atoms with Crippen LogP contribution in [0.4, 0.5) is 0 Å². The minimum absolute atomic E-state index is 0.0732. The second-order valence-electron chi connectivity index (χ2n) is 9.08. The molecule has 1 amide bonds. The van der Waals surface area contributed by atoms with E-state index in [0.717, 1.165) is 5.39 Å². The zero-order valence-corrected chi connectivity index (χ0v) is 23.4. The summed E-state index contributed by atoms with van der Waals surface area (Å²) in [6, 6.07) is 19.5. The molecule has 0 saturated carbocycles. The Morgan fingerprint density at radius 2 is 1.93 bits per heavy atom. The third-order valence-electron chi connectivity index (χ3n) is 6.45. The predicted octanol–water partition coefficient (Wildman–Crippen LogP) is 5.35. The number of nitrogens with zero attached hydrogens (tertiary/aromatic N) is 4. The highest BCUT2D eigenvalue weighted by Gasteiger charge is 2.18. The van der Waals surface area contributed by atoms with Crippen molar-refractivity contribution in [1.82, 2.24) is 14.6 Å². The Labute approximate surface area is 241 Å². The highest BCUT2D eigenvalue weighted by atomic mass is 79.9. The van der Waals surface area contributed by atoms with Crippen LogP contribution in [0.15, 0.2) is 85.5 Å². The summed E-state index contributed by atoms with van der Waals surface area (Å²) in [5.74, 6) is 1.06. The molecular formula is C29H22BrClN4O5. The lowest BCUT2D eigenvalue weighted by Crippen LogP contribution is -2.43.